The molecule has 1 aliphatic carbocycles. The SMILES string of the molecule is Cc1nn(-c2ccc(F)cc2)c(C)c1C=CC(=O)Nc1nnc(C2CC2)s1. The van der Waals surface area contributed by atoms with E-state index in [1.165, 1.54) is 29.5 Å². The molecule has 0 bridgehead atoms. The van der Waals surface area contributed by atoms with Crippen LogP contribution >= 0.6 is 11.3 Å². The Morgan fingerprint density at radius 2 is 2.00 bits per heavy atom. The number of halogens is 1. The highest BCUT2D eigenvalue weighted by molar-refractivity contribution is 7.15. The van der Waals surface area contributed by atoms with Gasteiger partial charge in [0.05, 0.1) is 11.4 Å². The number of aryl methyl sites for hydroxylation is 1. The third-order valence-corrected chi connectivity index (χ3v) is 5.42. The van der Waals surface area contributed by atoms with Crippen LogP contribution in [0.5, 0.6) is 0 Å². The molecule has 2 heterocycles. The molecule has 4 rings (SSSR count). The Morgan fingerprint density at radius 3 is 2.70 bits per heavy atom. The van der Waals surface area contributed by atoms with Gasteiger partial charge in [-0.1, -0.05) is 11.3 Å². The first-order valence-electron chi connectivity index (χ1n) is 8.66. The predicted molar refractivity (Wildman–Crippen MR) is 103 cm³/mol. The van der Waals surface area contributed by atoms with E-state index < -0.39 is 0 Å². The average molecular weight is 383 g/mol. The van der Waals surface area contributed by atoms with Gasteiger partial charge in [0.25, 0.3) is 0 Å². The third kappa shape index (κ3) is 3.80. The Kier molecular flexibility index (Phi) is 4.57. The lowest BCUT2D eigenvalue weighted by atomic mass is 10.2. The molecule has 3 aromatic rings. The first kappa shape index (κ1) is 17.5. The fourth-order valence-electron chi connectivity index (χ4n) is 2.82. The maximum absolute atomic E-state index is 13.1. The Hall–Kier alpha value is -2.87. The lowest BCUT2D eigenvalue weighted by Gasteiger charge is -2.04. The summed E-state index contributed by atoms with van der Waals surface area (Å²) < 4.78 is 14.9. The molecule has 0 saturated heterocycles. The van der Waals surface area contributed by atoms with Crippen LogP contribution in [0.25, 0.3) is 11.8 Å². The minimum absolute atomic E-state index is 0.262. The van der Waals surface area contributed by atoms with E-state index in [2.05, 4.69) is 20.6 Å². The second-order valence-electron chi connectivity index (χ2n) is 6.52. The number of benzene rings is 1. The second-order valence-corrected chi connectivity index (χ2v) is 7.52. The van der Waals surface area contributed by atoms with Gasteiger partial charge in [0, 0.05) is 23.3 Å². The van der Waals surface area contributed by atoms with Crippen molar-refractivity contribution in [2.75, 3.05) is 5.32 Å². The Morgan fingerprint density at radius 1 is 1.26 bits per heavy atom. The lowest BCUT2D eigenvalue weighted by Crippen LogP contribution is -2.07. The Labute approximate surface area is 159 Å². The molecule has 0 unspecified atom stereocenters. The third-order valence-electron chi connectivity index (χ3n) is 4.42. The molecule has 138 valence electrons. The van der Waals surface area contributed by atoms with Crippen molar-refractivity contribution in [1.29, 1.82) is 0 Å². The summed E-state index contributed by atoms with van der Waals surface area (Å²) in [5, 5.41) is 16.9. The Balaban J connectivity index is 1.49. The largest absolute Gasteiger partial charge is 0.297 e. The van der Waals surface area contributed by atoms with Crippen LogP contribution in [0.3, 0.4) is 0 Å². The number of hydrogen-bond donors (Lipinski definition) is 1. The maximum Gasteiger partial charge on any atom is 0.250 e. The molecular weight excluding hydrogens is 365 g/mol. The summed E-state index contributed by atoms with van der Waals surface area (Å²) in [5.41, 5.74) is 3.27. The van der Waals surface area contributed by atoms with E-state index in [1.807, 2.05) is 13.8 Å². The summed E-state index contributed by atoms with van der Waals surface area (Å²) in [4.78, 5) is 12.2. The summed E-state index contributed by atoms with van der Waals surface area (Å²) in [6.07, 6.45) is 5.50. The molecule has 1 aromatic carbocycles. The zero-order valence-electron chi connectivity index (χ0n) is 14.9. The van der Waals surface area contributed by atoms with Crippen LogP contribution < -0.4 is 5.32 Å². The van der Waals surface area contributed by atoms with Crippen LogP contribution in [0.2, 0.25) is 0 Å². The summed E-state index contributed by atoms with van der Waals surface area (Å²) >= 11 is 1.43. The van der Waals surface area contributed by atoms with Crippen molar-refractivity contribution in [1.82, 2.24) is 20.0 Å². The van der Waals surface area contributed by atoms with Crippen molar-refractivity contribution in [3.63, 3.8) is 0 Å². The van der Waals surface area contributed by atoms with E-state index in [0.29, 0.717) is 11.0 Å². The fraction of sp³-hybridized carbons (Fsp3) is 0.263. The maximum atomic E-state index is 13.1. The summed E-state index contributed by atoms with van der Waals surface area (Å²) in [7, 11) is 0. The van der Waals surface area contributed by atoms with E-state index in [4.69, 9.17) is 0 Å². The minimum atomic E-state index is -0.293. The lowest BCUT2D eigenvalue weighted by molar-refractivity contribution is -0.111. The highest BCUT2D eigenvalue weighted by atomic mass is 32.1. The molecule has 1 amide bonds. The quantitative estimate of drug-likeness (QED) is 0.676. The summed E-state index contributed by atoms with van der Waals surface area (Å²) in [5.74, 6) is -0.0355. The Bertz CT molecular complexity index is 1020. The zero-order valence-corrected chi connectivity index (χ0v) is 15.8. The standard InChI is InChI=1S/C19H18FN5OS/c1-11-16(12(2)25(24-11)15-7-5-14(20)6-8-15)9-10-17(26)21-19-23-22-18(27-19)13-3-4-13/h5-10,13H,3-4H2,1-2H3,(H,21,23,26). The normalized spacial score (nSPS) is 14.0. The summed E-state index contributed by atoms with van der Waals surface area (Å²) in [6, 6.07) is 6.13. The molecule has 1 saturated carbocycles. The molecule has 1 fully saturated rings. The minimum Gasteiger partial charge on any atom is -0.297 e. The van der Waals surface area contributed by atoms with Crippen LogP contribution in [0.4, 0.5) is 9.52 Å². The molecule has 0 aliphatic heterocycles. The van der Waals surface area contributed by atoms with Crippen LogP contribution in [-0.4, -0.2) is 25.9 Å². The van der Waals surface area contributed by atoms with Gasteiger partial charge in [-0.15, -0.1) is 10.2 Å². The molecule has 1 N–H and O–H groups in total. The van der Waals surface area contributed by atoms with E-state index >= 15 is 0 Å². The number of nitrogens with one attached hydrogen (secondary N) is 1. The number of rotatable bonds is 5. The molecule has 0 radical (unpaired) electrons. The van der Waals surface area contributed by atoms with E-state index in [9.17, 15) is 9.18 Å². The van der Waals surface area contributed by atoms with Crippen molar-refractivity contribution in [3.05, 3.63) is 58.1 Å². The van der Waals surface area contributed by atoms with Gasteiger partial charge in [0.1, 0.15) is 10.8 Å². The average Bonchev–Trinajstić information content (AvgIpc) is 3.33. The fourth-order valence-corrected chi connectivity index (χ4v) is 3.73. The molecule has 0 spiro atoms. The van der Waals surface area contributed by atoms with E-state index in [-0.39, 0.29) is 11.7 Å². The number of anilines is 1. The number of amides is 1. The van der Waals surface area contributed by atoms with Gasteiger partial charge in [-0.3, -0.25) is 10.1 Å². The van der Waals surface area contributed by atoms with Gasteiger partial charge in [0.15, 0.2) is 0 Å². The van der Waals surface area contributed by atoms with Gasteiger partial charge >= 0.3 is 0 Å². The van der Waals surface area contributed by atoms with Crippen LogP contribution in [-0.2, 0) is 4.79 Å². The van der Waals surface area contributed by atoms with E-state index in [1.54, 1.807) is 22.9 Å². The number of aromatic nitrogens is 4. The smallest absolute Gasteiger partial charge is 0.250 e. The molecule has 0 atom stereocenters. The molecular formula is C19H18FN5OS. The molecule has 6 nitrogen and oxygen atoms in total. The van der Waals surface area contributed by atoms with Crippen molar-refractivity contribution in [2.24, 2.45) is 0 Å². The molecule has 2 aromatic heterocycles. The van der Waals surface area contributed by atoms with Crippen LogP contribution in [0, 0.1) is 19.7 Å². The monoisotopic (exact) mass is 383 g/mol. The number of nitrogens with zero attached hydrogens (tertiary/aromatic N) is 4. The van der Waals surface area contributed by atoms with Gasteiger partial charge in [0.2, 0.25) is 11.0 Å². The van der Waals surface area contributed by atoms with Crippen molar-refractivity contribution in [2.45, 2.75) is 32.6 Å². The van der Waals surface area contributed by atoms with Gasteiger partial charge in [-0.05, 0) is 57.0 Å². The number of carbonyl (C=O) groups is 1. The first-order valence-corrected chi connectivity index (χ1v) is 9.47. The number of carbonyl (C=O) groups excluding carboxylic acids is 1. The second kappa shape index (κ2) is 7.03. The van der Waals surface area contributed by atoms with E-state index in [0.717, 1.165) is 40.5 Å². The van der Waals surface area contributed by atoms with Gasteiger partial charge in [-0.2, -0.15) is 5.10 Å². The van der Waals surface area contributed by atoms with Crippen LogP contribution in [0.1, 0.15) is 40.7 Å². The van der Waals surface area contributed by atoms with Crippen LogP contribution in [0.15, 0.2) is 30.3 Å². The molecule has 27 heavy (non-hydrogen) atoms. The highest BCUT2D eigenvalue weighted by Crippen LogP contribution is 2.42. The molecule has 8 heteroatoms. The van der Waals surface area contributed by atoms with Crippen molar-refractivity contribution < 1.29 is 9.18 Å². The highest BCUT2D eigenvalue weighted by Gasteiger charge is 2.27. The van der Waals surface area contributed by atoms with Gasteiger partial charge < -0.3 is 0 Å². The zero-order chi connectivity index (χ0) is 19.0. The molecule has 1 aliphatic rings. The predicted octanol–water partition coefficient (Wildman–Crippen LogP) is 4.01. The van der Waals surface area contributed by atoms with Crippen molar-refractivity contribution in [3.8, 4) is 5.69 Å². The number of hydrogen-bond acceptors (Lipinski definition) is 5. The first-order chi connectivity index (χ1) is 13.0. The topological polar surface area (TPSA) is 72.7 Å². The summed E-state index contributed by atoms with van der Waals surface area (Å²) in [6.45, 7) is 3.78. The van der Waals surface area contributed by atoms with Crippen molar-refractivity contribution >= 4 is 28.5 Å². The van der Waals surface area contributed by atoms with Gasteiger partial charge in [-0.25, -0.2) is 9.07 Å².